The second-order valence-corrected chi connectivity index (χ2v) is 5.11. The van der Waals surface area contributed by atoms with E-state index in [4.69, 9.17) is 5.11 Å². The largest absolute Gasteiger partial charge is 0.476 e. The van der Waals surface area contributed by atoms with Crippen molar-refractivity contribution in [3.63, 3.8) is 0 Å². The predicted molar refractivity (Wildman–Crippen MR) is 79.7 cm³/mol. The van der Waals surface area contributed by atoms with Gasteiger partial charge in [0, 0.05) is 0 Å². The molecule has 1 N–H and O–H groups in total. The molecule has 0 amide bonds. The van der Waals surface area contributed by atoms with Gasteiger partial charge in [-0.2, -0.15) is 0 Å². The highest BCUT2D eigenvalue weighted by atomic mass is 32.1. The van der Waals surface area contributed by atoms with Crippen molar-refractivity contribution in [2.24, 2.45) is 0 Å². The smallest absolute Gasteiger partial charge is 0.365 e. The number of hydrogen-bond acceptors (Lipinski definition) is 4. The lowest BCUT2D eigenvalue weighted by molar-refractivity contribution is 0.0696. The summed E-state index contributed by atoms with van der Waals surface area (Å²) in [5.41, 5.74) is 2.48. The number of thiazole rings is 1. The summed E-state index contributed by atoms with van der Waals surface area (Å²) in [6.07, 6.45) is 3.86. The molecule has 0 saturated carbocycles. The number of carboxylic acids is 1. The minimum Gasteiger partial charge on any atom is -0.476 e. The zero-order chi connectivity index (χ0) is 13.9. The van der Waals surface area contributed by atoms with Crippen LogP contribution in [-0.4, -0.2) is 21.0 Å². The molecule has 0 bridgehead atoms. The monoisotopic (exact) mass is 282 g/mol. The quantitative estimate of drug-likeness (QED) is 0.797. The zero-order valence-corrected chi connectivity index (χ0v) is 11.2. The fourth-order valence-electron chi connectivity index (χ4n) is 1.76. The fourth-order valence-corrected chi connectivity index (χ4v) is 2.55. The van der Waals surface area contributed by atoms with Crippen LogP contribution in [0.25, 0.3) is 22.5 Å². The third kappa shape index (κ3) is 2.57. The maximum Gasteiger partial charge on any atom is 0.365 e. The Balaban J connectivity index is 1.93. The van der Waals surface area contributed by atoms with Crippen LogP contribution in [0.5, 0.6) is 0 Å². The van der Waals surface area contributed by atoms with Crippen LogP contribution in [0.15, 0.2) is 42.5 Å². The SMILES string of the molecule is O=C(O)c1nc2ccc(C=Cc3ccccc3)nc2s1. The lowest BCUT2D eigenvalue weighted by Crippen LogP contribution is -1.93. The van der Waals surface area contributed by atoms with Crippen LogP contribution in [0, 0.1) is 0 Å². The second-order valence-electron chi connectivity index (χ2n) is 4.13. The Morgan fingerprint density at radius 1 is 1.05 bits per heavy atom. The standard InChI is InChI=1S/C15H10N2O2S/c18-15(19)14-17-12-9-8-11(16-13(12)20-14)7-6-10-4-2-1-3-5-10/h1-9H,(H,18,19). The summed E-state index contributed by atoms with van der Waals surface area (Å²) in [5, 5.41) is 8.98. The van der Waals surface area contributed by atoms with Gasteiger partial charge in [0.25, 0.3) is 0 Å². The van der Waals surface area contributed by atoms with Gasteiger partial charge in [0.1, 0.15) is 10.3 Å². The van der Waals surface area contributed by atoms with Crippen LogP contribution < -0.4 is 0 Å². The van der Waals surface area contributed by atoms with E-state index < -0.39 is 5.97 Å². The van der Waals surface area contributed by atoms with E-state index in [1.165, 1.54) is 0 Å². The highest BCUT2D eigenvalue weighted by Gasteiger charge is 2.11. The normalized spacial score (nSPS) is 11.2. The summed E-state index contributed by atoms with van der Waals surface area (Å²) >= 11 is 1.09. The number of rotatable bonds is 3. The van der Waals surface area contributed by atoms with Crippen LogP contribution in [0.1, 0.15) is 21.1 Å². The summed E-state index contributed by atoms with van der Waals surface area (Å²) in [4.78, 5) is 19.9. The third-order valence-electron chi connectivity index (χ3n) is 2.71. The van der Waals surface area contributed by atoms with Crippen molar-refractivity contribution in [2.45, 2.75) is 0 Å². The minimum absolute atomic E-state index is 0.0664. The van der Waals surface area contributed by atoms with Gasteiger partial charge in [-0.05, 0) is 23.8 Å². The molecule has 0 radical (unpaired) electrons. The van der Waals surface area contributed by atoms with Crippen LogP contribution in [0.2, 0.25) is 0 Å². The number of aromatic nitrogens is 2. The van der Waals surface area contributed by atoms with Crippen molar-refractivity contribution < 1.29 is 9.90 Å². The number of carbonyl (C=O) groups is 1. The Bertz CT molecular complexity index is 794. The fraction of sp³-hybridized carbons (Fsp3) is 0. The first-order valence-corrected chi connectivity index (χ1v) is 6.78. The van der Waals surface area contributed by atoms with Crippen molar-refractivity contribution in [1.29, 1.82) is 0 Å². The van der Waals surface area contributed by atoms with E-state index in [9.17, 15) is 4.79 Å². The molecule has 0 aliphatic heterocycles. The van der Waals surface area contributed by atoms with Crippen molar-refractivity contribution in [3.8, 4) is 0 Å². The number of aromatic carboxylic acids is 1. The lowest BCUT2D eigenvalue weighted by Gasteiger charge is -1.93. The number of benzene rings is 1. The molecule has 0 atom stereocenters. The van der Waals surface area contributed by atoms with Crippen molar-refractivity contribution >= 4 is 39.8 Å². The summed E-state index contributed by atoms with van der Waals surface area (Å²) in [5.74, 6) is -1.02. The maximum absolute atomic E-state index is 10.9. The molecular weight excluding hydrogens is 272 g/mol. The average molecular weight is 282 g/mol. The van der Waals surface area contributed by atoms with Crippen LogP contribution in [-0.2, 0) is 0 Å². The second kappa shape index (κ2) is 5.22. The molecule has 0 aliphatic rings. The van der Waals surface area contributed by atoms with Gasteiger partial charge in [-0.25, -0.2) is 14.8 Å². The van der Waals surface area contributed by atoms with E-state index in [0.717, 1.165) is 22.6 Å². The van der Waals surface area contributed by atoms with Crippen LogP contribution >= 0.6 is 11.3 Å². The Morgan fingerprint density at radius 3 is 2.60 bits per heavy atom. The molecule has 0 saturated heterocycles. The van der Waals surface area contributed by atoms with Gasteiger partial charge < -0.3 is 5.11 Å². The van der Waals surface area contributed by atoms with E-state index >= 15 is 0 Å². The van der Waals surface area contributed by atoms with E-state index in [2.05, 4.69) is 9.97 Å². The highest BCUT2D eigenvalue weighted by molar-refractivity contribution is 7.19. The summed E-state index contributed by atoms with van der Waals surface area (Å²) < 4.78 is 0. The molecule has 0 fully saturated rings. The summed E-state index contributed by atoms with van der Waals surface area (Å²) in [7, 11) is 0. The average Bonchev–Trinajstić information content (AvgIpc) is 2.89. The molecule has 2 heterocycles. The molecule has 20 heavy (non-hydrogen) atoms. The molecule has 0 unspecified atom stereocenters. The van der Waals surface area contributed by atoms with Gasteiger partial charge in [-0.1, -0.05) is 47.7 Å². The van der Waals surface area contributed by atoms with E-state index in [0.29, 0.717) is 10.3 Å². The molecule has 5 heteroatoms. The van der Waals surface area contributed by atoms with Crippen LogP contribution in [0.3, 0.4) is 0 Å². The Morgan fingerprint density at radius 2 is 1.85 bits per heavy atom. The first-order chi connectivity index (χ1) is 9.72. The Hall–Kier alpha value is -2.53. The number of hydrogen-bond donors (Lipinski definition) is 1. The van der Waals surface area contributed by atoms with E-state index in [-0.39, 0.29) is 5.01 Å². The van der Waals surface area contributed by atoms with Gasteiger partial charge in [-0.15, -0.1) is 0 Å². The molecule has 0 spiro atoms. The van der Waals surface area contributed by atoms with Crippen molar-refractivity contribution in [1.82, 2.24) is 9.97 Å². The third-order valence-corrected chi connectivity index (χ3v) is 3.66. The van der Waals surface area contributed by atoms with Gasteiger partial charge in [-0.3, -0.25) is 0 Å². The molecule has 98 valence electrons. The van der Waals surface area contributed by atoms with E-state index in [1.54, 1.807) is 6.07 Å². The number of pyridine rings is 1. The Labute approximate surface area is 119 Å². The molecule has 2 aromatic heterocycles. The van der Waals surface area contributed by atoms with Crippen LogP contribution in [0.4, 0.5) is 0 Å². The number of fused-ring (bicyclic) bond motifs is 1. The predicted octanol–water partition coefficient (Wildman–Crippen LogP) is 3.56. The summed E-state index contributed by atoms with van der Waals surface area (Å²) in [6.45, 7) is 0. The first-order valence-electron chi connectivity index (χ1n) is 5.96. The topological polar surface area (TPSA) is 63.1 Å². The zero-order valence-electron chi connectivity index (χ0n) is 10.4. The van der Waals surface area contributed by atoms with Gasteiger partial charge >= 0.3 is 5.97 Å². The van der Waals surface area contributed by atoms with Crippen molar-refractivity contribution in [2.75, 3.05) is 0 Å². The molecule has 3 aromatic rings. The van der Waals surface area contributed by atoms with E-state index in [1.807, 2.05) is 48.6 Å². The van der Waals surface area contributed by atoms with Gasteiger partial charge in [0.05, 0.1) is 5.69 Å². The molecular formula is C15H10N2O2S. The number of nitrogens with zero attached hydrogens (tertiary/aromatic N) is 2. The maximum atomic E-state index is 10.9. The minimum atomic E-state index is -1.02. The molecule has 0 aliphatic carbocycles. The van der Waals surface area contributed by atoms with Gasteiger partial charge in [0.2, 0.25) is 5.01 Å². The lowest BCUT2D eigenvalue weighted by atomic mass is 10.2. The molecule has 3 rings (SSSR count). The Kier molecular flexibility index (Phi) is 3.26. The molecule has 4 nitrogen and oxygen atoms in total. The number of carboxylic acid groups (broad SMARTS) is 1. The molecule has 1 aromatic carbocycles. The van der Waals surface area contributed by atoms with Gasteiger partial charge in [0.15, 0.2) is 0 Å². The van der Waals surface area contributed by atoms with Crippen molar-refractivity contribution in [3.05, 3.63) is 58.7 Å². The summed E-state index contributed by atoms with van der Waals surface area (Å²) in [6, 6.07) is 13.5. The highest BCUT2D eigenvalue weighted by Crippen LogP contribution is 2.21. The first kappa shape index (κ1) is 12.5.